The second kappa shape index (κ2) is 8.06. The lowest BCUT2D eigenvalue weighted by atomic mass is 10.1. The Morgan fingerprint density at radius 3 is 2.30 bits per heavy atom. The maximum atomic E-state index is 10.8. The summed E-state index contributed by atoms with van der Waals surface area (Å²) in [5.74, 6) is 0.400. The van der Waals surface area contributed by atoms with Crippen molar-refractivity contribution in [1.29, 1.82) is 0 Å². The van der Waals surface area contributed by atoms with Gasteiger partial charge >= 0.3 is 6.03 Å². The number of hydroxylamine groups is 2. The fraction of sp³-hybridized carbons (Fsp3) is 0.188. The van der Waals surface area contributed by atoms with Crippen molar-refractivity contribution in [3.8, 4) is 5.75 Å². The van der Waals surface area contributed by atoms with E-state index in [9.17, 15) is 10.0 Å². The maximum absolute atomic E-state index is 10.8. The average Bonchev–Trinajstić information content (AvgIpc) is 2.52. The Balaban J connectivity index is 2.03. The van der Waals surface area contributed by atoms with Crippen LogP contribution in [0.1, 0.15) is 11.1 Å². The maximum Gasteiger partial charge on any atom is 0.338 e. The summed E-state index contributed by atoms with van der Waals surface area (Å²) in [5, 5.41) is 10.4. The van der Waals surface area contributed by atoms with Crippen LogP contribution in [0.4, 0.5) is 4.79 Å². The lowest BCUT2D eigenvalue weighted by Crippen LogP contribution is -2.34. The molecule has 7 heteroatoms. The van der Waals surface area contributed by atoms with E-state index < -0.39 is 6.03 Å². The molecular weight excluding hydrogens is 339 g/mol. The second-order valence-electron chi connectivity index (χ2n) is 4.87. The molecule has 122 valence electrons. The van der Waals surface area contributed by atoms with Crippen molar-refractivity contribution < 1.29 is 14.7 Å². The zero-order valence-electron chi connectivity index (χ0n) is 12.2. The van der Waals surface area contributed by atoms with Gasteiger partial charge in [-0.05, 0) is 29.7 Å². The van der Waals surface area contributed by atoms with Crippen LogP contribution in [0.25, 0.3) is 0 Å². The van der Waals surface area contributed by atoms with E-state index in [0.29, 0.717) is 33.9 Å². The van der Waals surface area contributed by atoms with Gasteiger partial charge in [0.2, 0.25) is 0 Å². The van der Waals surface area contributed by atoms with Gasteiger partial charge in [-0.25, -0.2) is 9.86 Å². The highest BCUT2D eigenvalue weighted by molar-refractivity contribution is 6.37. The second-order valence-corrected chi connectivity index (χ2v) is 5.69. The first-order valence-electron chi connectivity index (χ1n) is 6.88. The van der Waals surface area contributed by atoms with E-state index in [0.717, 1.165) is 11.1 Å². The summed E-state index contributed by atoms with van der Waals surface area (Å²) < 4.78 is 5.67. The number of amides is 2. The van der Waals surface area contributed by atoms with Crippen LogP contribution in [0.5, 0.6) is 5.75 Å². The molecule has 0 radical (unpaired) electrons. The number of carbonyl (C=O) groups excluding carboxylic acids is 1. The van der Waals surface area contributed by atoms with Crippen LogP contribution in [0, 0.1) is 0 Å². The summed E-state index contributed by atoms with van der Waals surface area (Å²) in [5.41, 5.74) is 6.70. The van der Waals surface area contributed by atoms with Crippen molar-refractivity contribution >= 4 is 29.2 Å². The Bertz CT molecular complexity index is 657. The van der Waals surface area contributed by atoms with Gasteiger partial charge in [-0.1, -0.05) is 53.5 Å². The Morgan fingerprint density at radius 1 is 1.13 bits per heavy atom. The van der Waals surface area contributed by atoms with Crippen molar-refractivity contribution in [2.75, 3.05) is 6.54 Å². The minimum Gasteiger partial charge on any atom is -0.486 e. The van der Waals surface area contributed by atoms with Crippen LogP contribution in [0.15, 0.2) is 42.5 Å². The molecule has 23 heavy (non-hydrogen) atoms. The van der Waals surface area contributed by atoms with Crippen molar-refractivity contribution in [2.45, 2.75) is 13.0 Å². The van der Waals surface area contributed by atoms with Crippen LogP contribution in [-0.2, 0) is 13.0 Å². The van der Waals surface area contributed by atoms with E-state index >= 15 is 0 Å². The van der Waals surface area contributed by atoms with Crippen molar-refractivity contribution in [2.24, 2.45) is 5.73 Å². The number of primary amides is 1. The van der Waals surface area contributed by atoms with Crippen molar-refractivity contribution in [3.05, 3.63) is 63.6 Å². The van der Waals surface area contributed by atoms with Gasteiger partial charge in [-0.3, -0.25) is 5.21 Å². The molecule has 0 bridgehead atoms. The largest absolute Gasteiger partial charge is 0.486 e. The molecule has 0 aliphatic rings. The molecule has 2 rings (SSSR count). The predicted molar refractivity (Wildman–Crippen MR) is 89.0 cm³/mol. The van der Waals surface area contributed by atoms with Gasteiger partial charge in [-0.2, -0.15) is 0 Å². The highest BCUT2D eigenvalue weighted by atomic mass is 35.5. The molecule has 0 aliphatic heterocycles. The number of carbonyl (C=O) groups is 1. The van der Waals surface area contributed by atoms with Crippen LogP contribution in [0.3, 0.4) is 0 Å². The first kappa shape index (κ1) is 17.4. The molecule has 0 spiro atoms. The number of urea groups is 1. The fourth-order valence-corrected chi connectivity index (χ4v) is 2.61. The molecule has 0 aliphatic carbocycles. The molecule has 2 amide bonds. The Hall–Kier alpha value is -1.95. The van der Waals surface area contributed by atoms with E-state index in [1.165, 1.54) is 0 Å². The fourth-order valence-electron chi connectivity index (χ4n) is 1.97. The van der Waals surface area contributed by atoms with E-state index in [-0.39, 0.29) is 6.54 Å². The number of ether oxygens (including phenoxy) is 1. The first-order chi connectivity index (χ1) is 11.0. The van der Waals surface area contributed by atoms with Gasteiger partial charge < -0.3 is 10.5 Å². The third kappa shape index (κ3) is 5.03. The molecule has 0 fully saturated rings. The molecule has 0 saturated heterocycles. The standard InChI is InChI=1S/C16H16Cl2N2O3/c17-13-8-12(6-7-20(22)16(19)21)9-14(18)15(13)23-10-11-4-2-1-3-5-11/h1-5,8-9,22H,6-7,10H2,(H2,19,21). The number of rotatable bonds is 6. The van der Waals surface area contributed by atoms with E-state index in [2.05, 4.69) is 0 Å². The molecular formula is C16H16Cl2N2O3. The Labute approximate surface area is 144 Å². The number of hydrogen-bond donors (Lipinski definition) is 2. The zero-order chi connectivity index (χ0) is 16.8. The molecule has 0 saturated carbocycles. The van der Waals surface area contributed by atoms with Crippen molar-refractivity contribution in [1.82, 2.24) is 5.06 Å². The van der Waals surface area contributed by atoms with Gasteiger partial charge in [0, 0.05) is 0 Å². The van der Waals surface area contributed by atoms with Crippen LogP contribution in [0.2, 0.25) is 10.0 Å². The van der Waals surface area contributed by atoms with Gasteiger partial charge in [0.15, 0.2) is 5.75 Å². The number of nitrogens with two attached hydrogens (primary N) is 1. The Morgan fingerprint density at radius 2 is 1.74 bits per heavy atom. The Kier molecular flexibility index (Phi) is 6.10. The molecule has 0 unspecified atom stereocenters. The molecule has 5 nitrogen and oxygen atoms in total. The third-order valence-electron chi connectivity index (χ3n) is 3.15. The van der Waals surface area contributed by atoms with Crippen LogP contribution >= 0.6 is 23.2 Å². The number of hydrogen-bond acceptors (Lipinski definition) is 3. The topological polar surface area (TPSA) is 75.8 Å². The predicted octanol–water partition coefficient (Wildman–Crippen LogP) is 3.88. The SMILES string of the molecule is NC(=O)N(O)CCc1cc(Cl)c(OCc2ccccc2)c(Cl)c1. The van der Waals surface area contributed by atoms with Gasteiger partial charge in [0.1, 0.15) is 6.61 Å². The minimum absolute atomic E-state index is 0.0478. The summed E-state index contributed by atoms with van der Waals surface area (Å²) in [6, 6.07) is 12.1. The number of benzene rings is 2. The molecule has 2 aromatic rings. The minimum atomic E-state index is -0.912. The van der Waals surface area contributed by atoms with Gasteiger partial charge in [0.05, 0.1) is 16.6 Å². The summed E-state index contributed by atoms with van der Waals surface area (Å²) in [6.07, 6.45) is 0.359. The van der Waals surface area contributed by atoms with Gasteiger partial charge in [-0.15, -0.1) is 0 Å². The highest BCUT2D eigenvalue weighted by Gasteiger charge is 2.12. The van der Waals surface area contributed by atoms with E-state index in [1.807, 2.05) is 30.3 Å². The monoisotopic (exact) mass is 354 g/mol. The van der Waals surface area contributed by atoms with Crippen molar-refractivity contribution in [3.63, 3.8) is 0 Å². The summed E-state index contributed by atoms with van der Waals surface area (Å²) in [6.45, 7) is 0.401. The lowest BCUT2D eigenvalue weighted by Gasteiger charge is -2.14. The number of nitrogens with zero attached hydrogens (tertiary/aromatic N) is 1. The third-order valence-corrected chi connectivity index (χ3v) is 3.71. The molecule has 0 atom stereocenters. The molecule has 0 aromatic heterocycles. The quantitative estimate of drug-likeness (QED) is 0.610. The first-order valence-corrected chi connectivity index (χ1v) is 7.63. The summed E-state index contributed by atoms with van der Waals surface area (Å²) >= 11 is 12.4. The molecule has 2 aromatic carbocycles. The van der Waals surface area contributed by atoms with Crippen LogP contribution in [-0.4, -0.2) is 22.8 Å². The van der Waals surface area contributed by atoms with Gasteiger partial charge in [0.25, 0.3) is 0 Å². The smallest absolute Gasteiger partial charge is 0.338 e. The van der Waals surface area contributed by atoms with Crippen LogP contribution < -0.4 is 10.5 Å². The molecule has 3 N–H and O–H groups in total. The lowest BCUT2D eigenvalue weighted by molar-refractivity contribution is -0.0382. The summed E-state index contributed by atoms with van der Waals surface area (Å²) in [4.78, 5) is 10.8. The van der Waals surface area contributed by atoms with E-state index in [4.69, 9.17) is 33.7 Å². The zero-order valence-corrected chi connectivity index (χ0v) is 13.7. The average molecular weight is 355 g/mol. The highest BCUT2D eigenvalue weighted by Crippen LogP contribution is 2.35. The summed E-state index contributed by atoms with van der Waals surface area (Å²) in [7, 11) is 0. The number of halogens is 2. The normalized spacial score (nSPS) is 10.4. The molecule has 0 heterocycles. The van der Waals surface area contributed by atoms with E-state index in [1.54, 1.807) is 12.1 Å².